The van der Waals surface area contributed by atoms with Crippen molar-refractivity contribution >= 4 is 0 Å². The maximum Gasteiger partial charge on any atom is 0.161 e. The highest BCUT2D eigenvalue weighted by molar-refractivity contribution is 4.86. The molecule has 3 fully saturated rings. The second-order valence-electron chi connectivity index (χ2n) is 8.34. The molecule has 0 aromatic heterocycles. The molecule has 3 aliphatic heterocycles. The van der Waals surface area contributed by atoms with Gasteiger partial charge in [-0.05, 0) is 26.7 Å². The van der Waals surface area contributed by atoms with Crippen LogP contribution >= 0.6 is 0 Å². The molecule has 3 aliphatic rings. The van der Waals surface area contributed by atoms with Crippen molar-refractivity contribution in [2.75, 3.05) is 0 Å². The normalized spacial score (nSPS) is 53.1. The maximum absolute atomic E-state index is 10.5. The number of aliphatic hydroxyl groups excluding tert-OH is 4. The third kappa shape index (κ3) is 5.03. The van der Waals surface area contributed by atoms with Crippen molar-refractivity contribution in [1.82, 2.24) is 0 Å². The second-order valence-corrected chi connectivity index (χ2v) is 8.34. The monoisotopic (exact) mass is 406 g/mol. The highest BCUT2D eigenvalue weighted by atomic mass is 16.7. The van der Waals surface area contributed by atoms with Crippen LogP contribution in [0, 0.1) is 5.92 Å². The molecule has 0 aliphatic carbocycles. The van der Waals surface area contributed by atoms with Crippen LogP contribution in [0.4, 0.5) is 0 Å². The minimum Gasteiger partial charge on any atom is -0.390 e. The van der Waals surface area contributed by atoms with Crippen LogP contribution in [-0.4, -0.2) is 88.1 Å². The van der Waals surface area contributed by atoms with Gasteiger partial charge in [0, 0.05) is 19.3 Å². The molecule has 3 saturated heterocycles. The van der Waals surface area contributed by atoms with Gasteiger partial charge in [0.25, 0.3) is 0 Å². The Kier molecular flexibility index (Phi) is 7.33. The summed E-state index contributed by atoms with van der Waals surface area (Å²) < 4.78 is 28.6. The molecule has 164 valence electrons. The summed E-state index contributed by atoms with van der Waals surface area (Å²) in [6.07, 6.45) is -6.29. The molecule has 0 aromatic carbocycles. The molecule has 12 atom stereocenters. The molecule has 0 spiro atoms. The van der Waals surface area contributed by atoms with Crippen molar-refractivity contribution in [3.8, 4) is 0 Å². The van der Waals surface area contributed by atoms with Gasteiger partial charge in [0.1, 0.15) is 12.2 Å². The number of hydrogen-bond acceptors (Lipinski definition) is 9. The zero-order valence-electron chi connectivity index (χ0n) is 16.9. The summed E-state index contributed by atoms with van der Waals surface area (Å²) in [7, 11) is 0. The van der Waals surface area contributed by atoms with Crippen molar-refractivity contribution in [3.63, 3.8) is 0 Å². The van der Waals surface area contributed by atoms with E-state index in [2.05, 4.69) is 0 Å². The van der Waals surface area contributed by atoms with Crippen LogP contribution in [0.15, 0.2) is 0 Å². The fraction of sp³-hybridized carbons (Fsp3) is 1.00. The summed E-state index contributed by atoms with van der Waals surface area (Å²) in [6, 6.07) is 0. The first-order valence-corrected chi connectivity index (χ1v) is 10.1. The number of hydrogen-bond donors (Lipinski definition) is 4. The Balaban J connectivity index is 1.60. The minimum atomic E-state index is -1.01. The lowest BCUT2D eigenvalue weighted by atomic mass is 9.94. The minimum absolute atomic E-state index is 0.0237. The van der Waals surface area contributed by atoms with Gasteiger partial charge in [-0.2, -0.15) is 0 Å². The molecular weight excluding hydrogens is 372 g/mol. The van der Waals surface area contributed by atoms with Crippen molar-refractivity contribution in [2.24, 2.45) is 5.92 Å². The lowest BCUT2D eigenvalue weighted by Gasteiger charge is -2.44. The van der Waals surface area contributed by atoms with Gasteiger partial charge < -0.3 is 44.1 Å². The third-order valence-corrected chi connectivity index (χ3v) is 5.97. The molecular formula is C19H34O9. The summed E-state index contributed by atoms with van der Waals surface area (Å²) in [4.78, 5) is 0. The molecule has 0 radical (unpaired) electrons. The Morgan fingerprint density at radius 3 is 1.64 bits per heavy atom. The Bertz CT molecular complexity index is 494. The molecule has 0 aromatic rings. The van der Waals surface area contributed by atoms with E-state index < -0.39 is 61.6 Å². The van der Waals surface area contributed by atoms with E-state index in [4.69, 9.17) is 23.7 Å². The predicted molar refractivity (Wildman–Crippen MR) is 96.0 cm³/mol. The molecule has 9 heteroatoms. The van der Waals surface area contributed by atoms with Crippen LogP contribution in [0.2, 0.25) is 0 Å². The summed E-state index contributed by atoms with van der Waals surface area (Å²) in [6.45, 7) is 7.13. The largest absolute Gasteiger partial charge is 0.390 e. The summed E-state index contributed by atoms with van der Waals surface area (Å²) in [5.74, 6) is 0.0237. The Morgan fingerprint density at radius 2 is 1.07 bits per heavy atom. The van der Waals surface area contributed by atoms with Crippen LogP contribution in [0.1, 0.15) is 47.0 Å². The van der Waals surface area contributed by atoms with Crippen LogP contribution in [0.25, 0.3) is 0 Å². The Morgan fingerprint density at radius 1 is 0.607 bits per heavy atom. The molecule has 0 unspecified atom stereocenters. The molecule has 28 heavy (non-hydrogen) atoms. The lowest BCUT2D eigenvalue weighted by Crippen LogP contribution is -2.54. The standard InChI is InChI=1S/C19H34O9/c1-8-5-15(25-9(2)17(8)21)28-13-7-16(26-11(4)19(13)23)27-12-6-14(20)24-10(3)18(12)22/h8-23H,5-7H2,1-4H3/t8-,9-,10-,11-,12-,13-,14-,15+,16+,17+,18-,19-/m1/s1. The Hall–Kier alpha value is -0.360. The van der Waals surface area contributed by atoms with Crippen molar-refractivity contribution < 1.29 is 44.1 Å². The molecule has 0 saturated carbocycles. The van der Waals surface area contributed by atoms with E-state index in [-0.39, 0.29) is 24.9 Å². The first-order valence-electron chi connectivity index (χ1n) is 10.1. The van der Waals surface area contributed by atoms with Gasteiger partial charge in [0.2, 0.25) is 0 Å². The Labute approximate surface area is 165 Å². The quantitative estimate of drug-likeness (QED) is 0.505. The van der Waals surface area contributed by atoms with Crippen LogP contribution in [0.3, 0.4) is 0 Å². The first kappa shape index (κ1) is 22.3. The van der Waals surface area contributed by atoms with Crippen molar-refractivity contribution in [2.45, 2.75) is 115 Å². The zero-order chi connectivity index (χ0) is 20.6. The van der Waals surface area contributed by atoms with Gasteiger partial charge in [-0.15, -0.1) is 0 Å². The van der Waals surface area contributed by atoms with Crippen LogP contribution in [0.5, 0.6) is 0 Å². The summed E-state index contributed by atoms with van der Waals surface area (Å²) in [5.41, 5.74) is 0. The van der Waals surface area contributed by atoms with Crippen LogP contribution in [-0.2, 0) is 23.7 Å². The SMILES string of the molecule is C[C@@H]1C[C@H](O[C@@H]2C[C@H](O[C@@H]3C[C@H](O)O[C@H](C)[C@H]3O)O[C@H](C)[C@H]2O)O[C@H](C)[C@H]1O. The van der Waals surface area contributed by atoms with E-state index >= 15 is 0 Å². The number of ether oxygens (including phenoxy) is 5. The fourth-order valence-corrected chi connectivity index (χ4v) is 4.15. The molecule has 0 bridgehead atoms. The fourth-order valence-electron chi connectivity index (χ4n) is 4.15. The van der Waals surface area contributed by atoms with E-state index in [1.165, 1.54) is 0 Å². The highest BCUT2D eigenvalue weighted by Gasteiger charge is 2.43. The maximum atomic E-state index is 10.5. The zero-order valence-corrected chi connectivity index (χ0v) is 16.9. The van der Waals surface area contributed by atoms with Gasteiger partial charge in [-0.3, -0.25) is 0 Å². The molecule has 3 heterocycles. The average molecular weight is 406 g/mol. The topological polar surface area (TPSA) is 127 Å². The van der Waals surface area contributed by atoms with Crippen molar-refractivity contribution in [1.29, 1.82) is 0 Å². The van der Waals surface area contributed by atoms with E-state index in [9.17, 15) is 20.4 Å². The van der Waals surface area contributed by atoms with Gasteiger partial charge in [-0.25, -0.2) is 0 Å². The number of rotatable bonds is 4. The van der Waals surface area contributed by atoms with Gasteiger partial charge >= 0.3 is 0 Å². The third-order valence-electron chi connectivity index (χ3n) is 5.97. The lowest BCUT2D eigenvalue weighted by molar-refractivity contribution is -0.323. The van der Waals surface area contributed by atoms with Crippen molar-refractivity contribution in [3.05, 3.63) is 0 Å². The number of aliphatic hydroxyl groups is 4. The van der Waals surface area contributed by atoms with E-state index in [1.54, 1.807) is 20.8 Å². The molecule has 4 N–H and O–H groups in total. The molecule has 9 nitrogen and oxygen atoms in total. The predicted octanol–water partition coefficient (Wildman–Crippen LogP) is -0.127. The average Bonchev–Trinajstić information content (AvgIpc) is 2.61. The molecule has 3 rings (SSSR count). The van der Waals surface area contributed by atoms with Gasteiger partial charge in [0.15, 0.2) is 18.9 Å². The summed E-state index contributed by atoms with van der Waals surface area (Å²) >= 11 is 0. The van der Waals surface area contributed by atoms with Gasteiger partial charge in [-0.1, -0.05) is 6.92 Å². The smallest absolute Gasteiger partial charge is 0.161 e. The summed E-state index contributed by atoms with van der Waals surface area (Å²) in [5, 5.41) is 40.6. The van der Waals surface area contributed by atoms with E-state index in [0.717, 1.165) is 0 Å². The van der Waals surface area contributed by atoms with Crippen LogP contribution < -0.4 is 0 Å². The highest BCUT2D eigenvalue weighted by Crippen LogP contribution is 2.32. The first-order chi connectivity index (χ1) is 13.2. The van der Waals surface area contributed by atoms with E-state index in [0.29, 0.717) is 6.42 Å². The van der Waals surface area contributed by atoms with E-state index in [1.807, 2.05) is 6.92 Å². The second kappa shape index (κ2) is 9.20. The molecule has 0 amide bonds. The van der Waals surface area contributed by atoms with Gasteiger partial charge in [0.05, 0.1) is 36.6 Å².